The van der Waals surface area contributed by atoms with Crippen molar-refractivity contribution in [2.24, 2.45) is 5.92 Å². The Morgan fingerprint density at radius 3 is 2.86 bits per heavy atom. The fourth-order valence-electron chi connectivity index (χ4n) is 4.22. The van der Waals surface area contributed by atoms with E-state index in [-0.39, 0.29) is 12.0 Å². The maximum absolute atomic E-state index is 12.2. The molecule has 0 radical (unpaired) electrons. The molecular weight excluding hydrogens is 374 g/mol. The zero-order valence-corrected chi connectivity index (χ0v) is 16.8. The van der Waals surface area contributed by atoms with Gasteiger partial charge in [0.2, 0.25) is 5.91 Å². The van der Waals surface area contributed by atoms with E-state index in [4.69, 9.17) is 16.3 Å². The first-order valence-corrected chi connectivity index (χ1v) is 10.6. The van der Waals surface area contributed by atoms with Gasteiger partial charge in [0.15, 0.2) is 0 Å². The Morgan fingerprint density at radius 1 is 1.21 bits per heavy atom. The van der Waals surface area contributed by atoms with Gasteiger partial charge in [-0.3, -0.25) is 14.8 Å². The van der Waals surface area contributed by atoms with E-state index < -0.39 is 0 Å². The first-order chi connectivity index (χ1) is 13.7. The number of halogens is 1. The second-order valence-electron chi connectivity index (χ2n) is 7.83. The third-order valence-corrected chi connectivity index (χ3v) is 6.02. The summed E-state index contributed by atoms with van der Waals surface area (Å²) in [6.07, 6.45) is 13.8. The molecule has 2 aromatic rings. The number of aromatic nitrogens is 2. The molecule has 0 bridgehead atoms. The second-order valence-corrected chi connectivity index (χ2v) is 8.23. The molecule has 1 atom stereocenters. The van der Waals surface area contributed by atoms with Crippen LogP contribution in [0.15, 0.2) is 30.7 Å². The van der Waals surface area contributed by atoms with Gasteiger partial charge in [0.05, 0.1) is 23.5 Å². The van der Waals surface area contributed by atoms with E-state index in [1.165, 1.54) is 32.1 Å². The smallest absolute Gasteiger partial charge is 0.220 e. The summed E-state index contributed by atoms with van der Waals surface area (Å²) >= 11 is 6.43. The molecule has 1 aromatic carbocycles. The number of ether oxygens (including phenoxy) is 1. The number of hydrogen-bond donors (Lipinski definition) is 1. The van der Waals surface area contributed by atoms with Crippen LogP contribution in [0.3, 0.4) is 0 Å². The molecule has 28 heavy (non-hydrogen) atoms. The van der Waals surface area contributed by atoms with E-state index in [1.807, 2.05) is 6.07 Å². The summed E-state index contributed by atoms with van der Waals surface area (Å²) in [4.78, 5) is 20.7. The average molecular weight is 400 g/mol. The van der Waals surface area contributed by atoms with Gasteiger partial charge in [-0.2, -0.15) is 0 Å². The first kappa shape index (κ1) is 19.2. The normalized spacial score (nSPS) is 19.1. The van der Waals surface area contributed by atoms with E-state index in [0.29, 0.717) is 18.0 Å². The monoisotopic (exact) mass is 399 g/mol. The molecule has 1 amide bonds. The number of fused-ring (bicyclic) bond motifs is 1. The van der Waals surface area contributed by atoms with Crippen LogP contribution in [-0.2, 0) is 11.2 Å². The number of nitrogens with one attached hydrogen (secondary N) is 1. The molecule has 6 heteroatoms. The van der Waals surface area contributed by atoms with Gasteiger partial charge < -0.3 is 10.1 Å². The van der Waals surface area contributed by atoms with Gasteiger partial charge in [-0.25, -0.2) is 0 Å². The van der Waals surface area contributed by atoms with Crippen molar-refractivity contribution in [3.63, 3.8) is 0 Å². The Labute approximate surface area is 170 Å². The van der Waals surface area contributed by atoms with Gasteiger partial charge in [0.1, 0.15) is 11.9 Å². The van der Waals surface area contributed by atoms with Gasteiger partial charge in [-0.1, -0.05) is 43.7 Å². The van der Waals surface area contributed by atoms with Crippen molar-refractivity contribution in [3.8, 4) is 17.0 Å². The number of rotatable bonds is 6. The van der Waals surface area contributed by atoms with E-state index in [1.54, 1.807) is 18.6 Å². The summed E-state index contributed by atoms with van der Waals surface area (Å²) < 4.78 is 5.99. The summed E-state index contributed by atoms with van der Waals surface area (Å²) in [7, 11) is 0. The Kier molecular flexibility index (Phi) is 6.10. The molecule has 1 aliphatic heterocycles. The van der Waals surface area contributed by atoms with E-state index in [0.717, 1.165) is 41.3 Å². The minimum atomic E-state index is -0.0803. The molecule has 1 N–H and O–H groups in total. The topological polar surface area (TPSA) is 64.1 Å². The molecule has 1 aliphatic carbocycles. The molecule has 1 aromatic heterocycles. The van der Waals surface area contributed by atoms with Crippen molar-refractivity contribution >= 4 is 17.5 Å². The van der Waals surface area contributed by atoms with Crippen LogP contribution in [0.4, 0.5) is 0 Å². The molecule has 4 rings (SSSR count). The first-order valence-electron chi connectivity index (χ1n) is 10.2. The van der Waals surface area contributed by atoms with Gasteiger partial charge in [-0.15, -0.1) is 0 Å². The summed E-state index contributed by atoms with van der Waals surface area (Å²) in [5, 5.41) is 3.61. The Hall–Kier alpha value is -2.14. The van der Waals surface area contributed by atoms with E-state index in [9.17, 15) is 4.79 Å². The fourth-order valence-corrected chi connectivity index (χ4v) is 4.51. The Morgan fingerprint density at radius 2 is 2.07 bits per heavy atom. The zero-order chi connectivity index (χ0) is 19.3. The Bertz CT molecular complexity index is 822. The molecule has 1 fully saturated rings. The maximum Gasteiger partial charge on any atom is 0.220 e. The molecule has 0 spiro atoms. The minimum Gasteiger partial charge on any atom is -0.486 e. The minimum absolute atomic E-state index is 0.0803. The van der Waals surface area contributed by atoms with Crippen molar-refractivity contribution in [2.75, 3.05) is 6.54 Å². The number of nitrogens with zero attached hydrogens (tertiary/aromatic N) is 2. The van der Waals surface area contributed by atoms with Crippen molar-refractivity contribution in [1.82, 2.24) is 15.3 Å². The molecule has 148 valence electrons. The molecule has 0 saturated heterocycles. The lowest BCUT2D eigenvalue weighted by Crippen LogP contribution is -2.34. The van der Waals surface area contributed by atoms with Crippen LogP contribution in [0.25, 0.3) is 11.3 Å². The highest BCUT2D eigenvalue weighted by atomic mass is 35.5. The molecule has 1 unspecified atom stereocenters. The van der Waals surface area contributed by atoms with Crippen LogP contribution in [-0.4, -0.2) is 28.5 Å². The van der Waals surface area contributed by atoms with E-state index >= 15 is 0 Å². The number of carbonyl (C=O) groups is 1. The molecule has 1 saturated carbocycles. The average Bonchev–Trinajstić information content (AvgIpc) is 3.16. The third kappa shape index (κ3) is 4.64. The summed E-state index contributed by atoms with van der Waals surface area (Å²) in [6, 6.07) is 3.91. The highest BCUT2D eigenvalue weighted by Crippen LogP contribution is 2.39. The van der Waals surface area contributed by atoms with Crippen LogP contribution in [0.1, 0.15) is 50.5 Å². The molecule has 5 nitrogen and oxygen atoms in total. The number of hydrogen-bond acceptors (Lipinski definition) is 4. The highest BCUT2D eigenvalue weighted by Gasteiger charge is 2.26. The standard InChI is InChI=1S/C22H26ClN3O2/c23-19-12-16(20-14-24-8-9-25-20)10-17-11-18(28-22(17)19)13-26-21(27)7-6-15-4-2-1-3-5-15/h8-10,12,14-15,18H,1-7,11,13H2,(H,26,27). The van der Waals surface area contributed by atoms with Crippen LogP contribution >= 0.6 is 11.6 Å². The number of carbonyl (C=O) groups excluding carboxylic acids is 1. The predicted molar refractivity (Wildman–Crippen MR) is 109 cm³/mol. The number of benzene rings is 1. The van der Waals surface area contributed by atoms with Gasteiger partial charge in [-0.05, 0) is 24.5 Å². The van der Waals surface area contributed by atoms with Gasteiger partial charge >= 0.3 is 0 Å². The summed E-state index contributed by atoms with van der Waals surface area (Å²) in [5.74, 6) is 1.57. The molecule has 2 heterocycles. The lowest BCUT2D eigenvalue weighted by molar-refractivity contribution is -0.121. The van der Waals surface area contributed by atoms with Gasteiger partial charge in [0.25, 0.3) is 0 Å². The van der Waals surface area contributed by atoms with Crippen molar-refractivity contribution < 1.29 is 9.53 Å². The molecule has 2 aliphatic rings. The zero-order valence-electron chi connectivity index (χ0n) is 16.0. The summed E-state index contributed by atoms with van der Waals surface area (Å²) in [6.45, 7) is 0.509. The highest BCUT2D eigenvalue weighted by molar-refractivity contribution is 6.32. The molecular formula is C22H26ClN3O2. The van der Waals surface area contributed by atoms with Crippen LogP contribution in [0.5, 0.6) is 5.75 Å². The third-order valence-electron chi connectivity index (χ3n) is 5.74. The van der Waals surface area contributed by atoms with Crippen molar-refractivity contribution in [2.45, 2.75) is 57.5 Å². The van der Waals surface area contributed by atoms with Crippen LogP contribution in [0.2, 0.25) is 5.02 Å². The summed E-state index contributed by atoms with van der Waals surface area (Å²) in [5.41, 5.74) is 2.76. The lowest BCUT2D eigenvalue weighted by Gasteiger charge is -2.21. The number of amides is 1. The predicted octanol–water partition coefficient (Wildman–Crippen LogP) is 4.58. The van der Waals surface area contributed by atoms with Crippen molar-refractivity contribution in [3.05, 3.63) is 41.3 Å². The van der Waals surface area contributed by atoms with Gasteiger partial charge in [0, 0.05) is 36.4 Å². The quantitative estimate of drug-likeness (QED) is 0.772. The van der Waals surface area contributed by atoms with Crippen molar-refractivity contribution in [1.29, 1.82) is 0 Å². The lowest BCUT2D eigenvalue weighted by atomic mass is 9.86. The Balaban J connectivity index is 1.30. The fraction of sp³-hybridized carbons (Fsp3) is 0.500. The van der Waals surface area contributed by atoms with Crippen LogP contribution in [0, 0.1) is 5.92 Å². The largest absolute Gasteiger partial charge is 0.486 e. The maximum atomic E-state index is 12.2. The van der Waals surface area contributed by atoms with E-state index in [2.05, 4.69) is 21.4 Å². The SMILES string of the molecule is O=C(CCC1CCCCC1)NCC1Cc2cc(-c3cnccn3)cc(Cl)c2O1. The van der Waals surface area contributed by atoms with Crippen LogP contribution < -0.4 is 10.1 Å². The second kappa shape index (κ2) is 8.91.